The smallest absolute Gasteiger partial charge is 0.407 e. The van der Waals surface area contributed by atoms with Crippen LogP contribution in [0.25, 0.3) is 0 Å². The van der Waals surface area contributed by atoms with Crippen LogP contribution in [-0.2, 0) is 4.74 Å². The molecule has 0 saturated heterocycles. The maximum atomic E-state index is 12.0. The fourth-order valence-electron chi connectivity index (χ4n) is 2.95. The minimum absolute atomic E-state index is 0.0525. The van der Waals surface area contributed by atoms with Crippen molar-refractivity contribution in [3.05, 3.63) is 59.9 Å². The Morgan fingerprint density at radius 1 is 1.24 bits per heavy atom. The van der Waals surface area contributed by atoms with E-state index >= 15 is 0 Å². The van der Waals surface area contributed by atoms with Crippen LogP contribution in [0.4, 0.5) is 4.79 Å². The molecule has 1 aromatic carbocycles. The number of hydrogen-bond donors (Lipinski definition) is 1. The molecule has 2 aromatic rings. The second-order valence-electron chi connectivity index (χ2n) is 7.22. The van der Waals surface area contributed by atoms with Gasteiger partial charge in [0.05, 0.1) is 5.69 Å². The highest BCUT2D eigenvalue weighted by Crippen LogP contribution is 2.40. The highest BCUT2D eigenvalue weighted by Gasteiger charge is 2.31. The van der Waals surface area contributed by atoms with E-state index in [1.54, 1.807) is 6.20 Å². The SMILES string of the molecule is CC(C)(C)OC(=O)NC[C@H]1C[C@@H](c2ccccc2)Oc2cccnc21. The lowest BCUT2D eigenvalue weighted by Gasteiger charge is -2.32. The number of amides is 1. The molecule has 0 bridgehead atoms. The molecule has 1 amide bonds. The first-order valence-corrected chi connectivity index (χ1v) is 8.56. The van der Waals surface area contributed by atoms with Gasteiger partial charge in [-0.2, -0.15) is 0 Å². The normalized spacial score (nSPS) is 19.5. The summed E-state index contributed by atoms with van der Waals surface area (Å²) >= 11 is 0. The molecule has 132 valence electrons. The molecule has 0 spiro atoms. The van der Waals surface area contributed by atoms with E-state index < -0.39 is 11.7 Å². The van der Waals surface area contributed by atoms with Gasteiger partial charge in [0.25, 0.3) is 0 Å². The van der Waals surface area contributed by atoms with E-state index in [1.807, 2.05) is 51.1 Å². The van der Waals surface area contributed by atoms with Crippen LogP contribution in [0.15, 0.2) is 48.7 Å². The number of pyridine rings is 1. The van der Waals surface area contributed by atoms with E-state index in [9.17, 15) is 4.79 Å². The Labute approximate surface area is 148 Å². The summed E-state index contributed by atoms with van der Waals surface area (Å²) in [7, 11) is 0. The van der Waals surface area contributed by atoms with Gasteiger partial charge in [0.2, 0.25) is 0 Å². The minimum Gasteiger partial charge on any atom is -0.484 e. The van der Waals surface area contributed by atoms with Crippen molar-refractivity contribution in [1.82, 2.24) is 10.3 Å². The van der Waals surface area contributed by atoms with Gasteiger partial charge in [-0.3, -0.25) is 4.98 Å². The quantitative estimate of drug-likeness (QED) is 0.909. The standard InChI is InChI=1S/C20H24N2O3/c1-20(2,3)25-19(23)22-13-15-12-17(14-8-5-4-6-9-14)24-16-10-7-11-21-18(15)16/h4-11,15,17H,12-13H2,1-3H3,(H,22,23)/t15-,17+/m1/s1. The summed E-state index contributed by atoms with van der Waals surface area (Å²) in [6.45, 7) is 6.02. The van der Waals surface area contributed by atoms with Crippen molar-refractivity contribution < 1.29 is 14.3 Å². The van der Waals surface area contributed by atoms with E-state index in [0.29, 0.717) is 6.54 Å². The molecule has 2 atom stereocenters. The van der Waals surface area contributed by atoms with Crippen LogP contribution >= 0.6 is 0 Å². The first-order chi connectivity index (χ1) is 11.9. The van der Waals surface area contributed by atoms with E-state index in [4.69, 9.17) is 9.47 Å². The molecule has 1 aliphatic heterocycles. The van der Waals surface area contributed by atoms with Crippen LogP contribution < -0.4 is 10.1 Å². The Morgan fingerprint density at radius 2 is 2.00 bits per heavy atom. The van der Waals surface area contributed by atoms with Crippen LogP contribution in [0.5, 0.6) is 5.75 Å². The highest BCUT2D eigenvalue weighted by molar-refractivity contribution is 5.67. The lowest BCUT2D eigenvalue weighted by Crippen LogP contribution is -2.36. The highest BCUT2D eigenvalue weighted by atomic mass is 16.6. The average Bonchev–Trinajstić information content (AvgIpc) is 2.58. The molecule has 1 aromatic heterocycles. The van der Waals surface area contributed by atoms with Crippen molar-refractivity contribution in [1.29, 1.82) is 0 Å². The van der Waals surface area contributed by atoms with Gasteiger partial charge in [-0.25, -0.2) is 4.79 Å². The molecule has 0 aliphatic carbocycles. The number of hydrogen-bond acceptors (Lipinski definition) is 4. The number of nitrogens with one attached hydrogen (secondary N) is 1. The van der Waals surface area contributed by atoms with E-state index in [-0.39, 0.29) is 12.0 Å². The molecule has 5 heteroatoms. The largest absolute Gasteiger partial charge is 0.484 e. The van der Waals surface area contributed by atoms with Crippen molar-refractivity contribution in [3.8, 4) is 5.75 Å². The molecule has 5 nitrogen and oxygen atoms in total. The monoisotopic (exact) mass is 340 g/mol. The predicted octanol–water partition coefficient (Wildman–Crippen LogP) is 4.21. The summed E-state index contributed by atoms with van der Waals surface area (Å²) in [5.41, 5.74) is 1.49. The van der Waals surface area contributed by atoms with Crippen molar-refractivity contribution >= 4 is 6.09 Å². The summed E-state index contributed by atoms with van der Waals surface area (Å²) < 4.78 is 11.5. The Kier molecular flexibility index (Phi) is 4.93. The van der Waals surface area contributed by atoms with Crippen molar-refractivity contribution in [3.63, 3.8) is 0 Å². The molecule has 2 heterocycles. The van der Waals surface area contributed by atoms with Gasteiger partial charge in [-0.05, 0) is 44.9 Å². The number of aromatic nitrogens is 1. The lowest BCUT2D eigenvalue weighted by atomic mass is 9.90. The molecule has 0 fully saturated rings. The topological polar surface area (TPSA) is 60.5 Å². The summed E-state index contributed by atoms with van der Waals surface area (Å²) in [6.07, 6.45) is 2.05. The van der Waals surface area contributed by atoms with Crippen LogP contribution in [0.1, 0.15) is 50.5 Å². The first kappa shape index (κ1) is 17.3. The molecule has 1 aliphatic rings. The number of benzene rings is 1. The van der Waals surface area contributed by atoms with Gasteiger partial charge in [0, 0.05) is 18.7 Å². The number of nitrogens with zero attached hydrogens (tertiary/aromatic N) is 1. The zero-order valence-electron chi connectivity index (χ0n) is 14.9. The third kappa shape index (κ3) is 4.50. The molecular weight excluding hydrogens is 316 g/mol. The fourth-order valence-corrected chi connectivity index (χ4v) is 2.95. The van der Waals surface area contributed by atoms with Gasteiger partial charge in [0.1, 0.15) is 17.5 Å². The van der Waals surface area contributed by atoms with Gasteiger partial charge in [-0.15, -0.1) is 0 Å². The van der Waals surface area contributed by atoms with Crippen LogP contribution in [0.3, 0.4) is 0 Å². The maximum Gasteiger partial charge on any atom is 0.407 e. The van der Waals surface area contributed by atoms with Gasteiger partial charge < -0.3 is 14.8 Å². The Morgan fingerprint density at radius 3 is 2.72 bits per heavy atom. The number of ether oxygens (including phenoxy) is 2. The molecule has 0 radical (unpaired) electrons. The second-order valence-corrected chi connectivity index (χ2v) is 7.22. The lowest BCUT2D eigenvalue weighted by molar-refractivity contribution is 0.0516. The number of rotatable bonds is 3. The van der Waals surface area contributed by atoms with Crippen molar-refractivity contribution in [2.45, 2.75) is 44.8 Å². The minimum atomic E-state index is -0.511. The van der Waals surface area contributed by atoms with E-state index in [1.165, 1.54) is 0 Å². The summed E-state index contributed by atoms with van der Waals surface area (Å²) in [4.78, 5) is 16.4. The predicted molar refractivity (Wildman–Crippen MR) is 95.6 cm³/mol. The van der Waals surface area contributed by atoms with Gasteiger partial charge in [-0.1, -0.05) is 30.3 Å². The Bertz CT molecular complexity index is 725. The zero-order chi connectivity index (χ0) is 17.9. The van der Waals surface area contributed by atoms with Crippen molar-refractivity contribution in [2.24, 2.45) is 0 Å². The number of carbonyl (C=O) groups is 1. The third-order valence-electron chi connectivity index (χ3n) is 4.02. The molecule has 3 rings (SSSR count). The number of fused-ring (bicyclic) bond motifs is 1. The van der Waals surface area contributed by atoms with Crippen molar-refractivity contribution in [2.75, 3.05) is 6.54 Å². The molecule has 1 N–H and O–H groups in total. The summed E-state index contributed by atoms with van der Waals surface area (Å²) in [5, 5.41) is 2.87. The molecular formula is C20H24N2O3. The summed E-state index contributed by atoms with van der Waals surface area (Å²) in [5.74, 6) is 0.848. The van der Waals surface area contributed by atoms with E-state index in [0.717, 1.165) is 23.4 Å². The summed E-state index contributed by atoms with van der Waals surface area (Å²) in [6, 6.07) is 13.9. The fraction of sp³-hybridized carbons (Fsp3) is 0.400. The Hall–Kier alpha value is -2.56. The van der Waals surface area contributed by atoms with Crippen LogP contribution in [-0.4, -0.2) is 23.2 Å². The molecule has 0 saturated carbocycles. The van der Waals surface area contributed by atoms with Gasteiger partial charge >= 0.3 is 6.09 Å². The van der Waals surface area contributed by atoms with Crippen LogP contribution in [0.2, 0.25) is 0 Å². The third-order valence-corrected chi connectivity index (χ3v) is 4.02. The van der Waals surface area contributed by atoms with E-state index in [2.05, 4.69) is 22.4 Å². The number of alkyl carbamates (subject to hydrolysis) is 1. The Balaban J connectivity index is 1.74. The average molecular weight is 340 g/mol. The van der Waals surface area contributed by atoms with Gasteiger partial charge in [0.15, 0.2) is 0 Å². The van der Waals surface area contributed by atoms with Crippen LogP contribution in [0, 0.1) is 0 Å². The molecule has 25 heavy (non-hydrogen) atoms. The molecule has 0 unspecified atom stereocenters. The first-order valence-electron chi connectivity index (χ1n) is 8.56. The number of carbonyl (C=O) groups excluding carboxylic acids is 1. The zero-order valence-corrected chi connectivity index (χ0v) is 14.9. The maximum absolute atomic E-state index is 12.0. The second kappa shape index (κ2) is 7.13.